The molecule has 2 aromatic rings. The molecule has 0 atom stereocenters. The highest BCUT2D eigenvalue weighted by Crippen LogP contribution is 2.16. The van der Waals surface area contributed by atoms with E-state index < -0.39 is 0 Å². The van der Waals surface area contributed by atoms with Gasteiger partial charge in [-0.2, -0.15) is 5.10 Å². The van der Waals surface area contributed by atoms with Gasteiger partial charge >= 0.3 is 0 Å². The number of hydrogen-bond acceptors (Lipinski definition) is 3. The zero-order valence-electron chi connectivity index (χ0n) is 10.5. The fourth-order valence-electron chi connectivity index (χ4n) is 1.72. The minimum absolute atomic E-state index is 0.698. The summed E-state index contributed by atoms with van der Waals surface area (Å²) in [6, 6.07) is 8.07. The zero-order chi connectivity index (χ0) is 12.4. The lowest BCUT2D eigenvalue weighted by Gasteiger charge is -2.07. The first-order valence-electron chi connectivity index (χ1n) is 5.66. The van der Waals surface area contributed by atoms with Crippen LogP contribution < -0.4 is 11.1 Å². The Kier molecular flexibility index (Phi) is 3.04. The van der Waals surface area contributed by atoms with Crippen LogP contribution in [-0.2, 0) is 13.6 Å². The molecule has 1 aromatic heterocycles. The van der Waals surface area contributed by atoms with E-state index in [0.29, 0.717) is 6.54 Å². The van der Waals surface area contributed by atoms with Crippen molar-refractivity contribution in [2.75, 3.05) is 11.1 Å². The number of benzene rings is 1. The van der Waals surface area contributed by atoms with Gasteiger partial charge in [0.1, 0.15) is 5.82 Å². The van der Waals surface area contributed by atoms with Gasteiger partial charge in [-0.3, -0.25) is 4.68 Å². The summed E-state index contributed by atoms with van der Waals surface area (Å²) in [5.74, 6) is 0.880. The molecule has 0 aliphatic carbocycles. The maximum absolute atomic E-state index is 5.92. The first kappa shape index (κ1) is 11.5. The summed E-state index contributed by atoms with van der Waals surface area (Å²) in [5.41, 5.74) is 10.2. The van der Waals surface area contributed by atoms with Crippen LogP contribution >= 0.6 is 0 Å². The predicted octanol–water partition coefficient (Wildman–Crippen LogP) is 2.23. The summed E-state index contributed by atoms with van der Waals surface area (Å²) < 4.78 is 1.85. The molecule has 1 heterocycles. The van der Waals surface area contributed by atoms with E-state index in [1.807, 2.05) is 36.9 Å². The number of nitrogens with one attached hydrogen (secondary N) is 1. The number of nitrogen functional groups attached to an aromatic ring is 1. The summed E-state index contributed by atoms with van der Waals surface area (Å²) >= 11 is 0. The molecule has 90 valence electrons. The lowest BCUT2D eigenvalue weighted by molar-refractivity contribution is 0.741. The summed E-state index contributed by atoms with van der Waals surface area (Å²) in [5, 5.41) is 7.62. The molecule has 0 unspecified atom stereocenters. The lowest BCUT2D eigenvalue weighted by atomic mass is 10.1. The van der Waals surface area contributed by atoms with E-state index in [4.69, 9.17) is 5.73 Å². The van der Waals surface area contributed by atoms with Gasteiger partial charge in [0, 0.05) is 31.0 Å². The van der Waals surface area contributed by atoms with Crippen molar-refractivity contribution in [2.45, 2.75) is 20.4 Å². The molecule has 0 aliphatic rings. The van der Waals surface area contributed by atoms with E-state index in [2.05, 4.69) is 23.4 Å². The molecule has 4 heteroatoms. The van der Waals surface area contributed by atoms with Crippen LogP contribution in [-0.4, -0.2) is 9.78 Å². The van der Waals surface area contributed by atoms with Gasteiger partial charge < -0.3 is 11.1 Å². The molecule has 2 rings (SSSR count). The highest BCUT2D eigenvalue weighted by atomic mass is 15.3. The van der Waals surface area contributed by atoms with Crippen LogP contribution in [0.25, 0.3) is 0 Å². The Bertz CT molecular complexity index is 509. The Labute approximate surface area is 101 Å². The van der Waals surface area contributed by atoms with Crippen LogP contribution in [0, 0.1) is 13.8 Å². The third-order valence-electron chi connectivity index (χ3n) is 2.87. The first-order valence-corrected chi connectivity index (χ1v) is 5.66. The molecule has 0 fully saturated rings. The molecule has 0 saturated carbocycles. The summed E-state index contributed by atoms with van der Waals surface area (Å²) in [6.45, 7) is 4.79. The van der Waals surface area contributed by atoms with Crippen molar-refractivity contribution < 1.29 is 0 Å². The standard InChI is InChI=1S/C13H18N4/c1-9-4-5-12(14)11(6-9)8-15-13-7-10(2)17(3)16-13/h4-7H,8,14H2,1-3H3,(H,15,16). The number of rotatable bonds is 3. The minimum atomic E-state index is 0.698. The number of hydrogen-bond donors (Lipinski definition) is 2. The molecule has 0 radical (unpaired) electrons. The van der Waals surface area contributed by atoms with E-state index in [-0.39, 0.29) is 0 Å². The molecular formula is C13H18N4. The van der Waals surface area contributed by atoms with Crippen LogP contribution in [0.3, 0.4) is 0 Å². The third-order valence-corrected chi connectivity index (χ3v) is 2.87. The Balaban J connectivity index is 2.09. The van der Waals surface area contributed by atoms with Crippen molar-refractivity contribution in [2.24, 2.45) is 7.05 Å². The summed E-state index contributed by atoms with van der Waals surface area (Å²) in [7, 11) is 1.93. The Morgan fingerprint density at radius 1 is 1.29 bits per heavy atom. The zero-order valence-corrected chi connectivity index (χ0v) is 10.5. The maximum atomic E-state index is 5.92. The molecule has 0 saturated heterocycles. The van der Waals surface area contributed by atoms with Gasteiger partial charge in [0.05, 0.1) is 0 Å². The molecule has 17 heavy (non-hydrogen) atoms. The number of nitrogens with zero attached hydrogens (tertiary/aromatic N) is 2. The molecule has 4 nitrogen and oxygen atoms in total. The molecule has 1 aromatic carbocycles. The van der Waals surface area contributed by atoms with Gasteiger partial charge in [0.2, 0.25) is 0 Å². The van der Waals surface area contributed by atoms with Gasteiger partial charge in [-0.15, -0.1) is 0 Å². The highest BCUT2D eigenvalue weighted by Gasteiger charge is 2.03. The Morgan fingerprint density at radius 3 is 2.71 bits per heavy atom. The number of nitrogens with two attached hydrogens (primary N) is 1. The molecular weight excluding hydrogens is 212 g/mol. The molecule has 3 N–H and O–H groups in total. The predicted molar refractivity (Wildman–Crippen MR) is 70.9 cm³/mol. The Morgan fingerprint density at radius 2 is 2.06 bits per heavy atom. The average molecular weight is 230 g/mol. The monoisotopic (exact) mass is 230 g/mol. The maximum Gasteiger partial charge on any atom is 0.148 e. The van der Waals surface area contributed by atoms with Crippen molar-refractivity contribution in [3.05, 3.63) is 41.1 Å². The summed E-state index contributed by atoms with van der Waals surface area (Å²) in [4.78, 5) is 0. The van der Waals surface area contributed by atoms with E-state index >= 15 is 0 Å². The second-order valence-electron chi connectivity index (χ2n) is 4.35. The normalized spacial score (nSPS) is 10.5. The number of aromatic nitrogens is 2. The van der Waals surface area contributed by atoms with Crippen LogP contribution in [0.1, 0.15) is 16.8 Å². The van der Waals surface area contributed by atoms with Crippen LogP contribution in [0.2, 0.25) is 0 Å². The largest absolute Gasteiger partial charge is 0.398 e. The molecule has 0 bridgehead atoms. The number of aryl methyl sites for hydroxylation is 3. The van der Waals surface area contributed by atoms with Crippen molar-refractivity contribution in [3.8, 4) is 0 Å². The van der Waals surface area contributed by atoms with E-state index in [0.717, 1.165) is 22.8 Å². The van der Waals surface area contributed by atoms with Crippen LogP contribution in [0.4, 0.5) is 11.5 Å². The number of anilines is 2. The van der Waals surface area contributed by atoms with Crippen molar-refractivity contribution >= 4 is 11.5 Å². The molecule has 0 aliphatic heterocycles. The van der Waals surface area contributed by atoms with E-state index in [1.165, 1.54) is 5.56 Å². The summed E-state index contributed by atoms with van der Waals surface area (Å²) in [6.07, 6.45) is 0. The van der Waals surface area contributed by atoms with Gasteiger partial charge in [-0.05, 0) is 25.5 Å². The van der Waals surface area contributed by atoms with E-state index in [1.54, 1.807) is 0 Å². The van der Waals surface area contributed by atoms with Crippen molar-refractivity contribution in [1.29, 1.82) is 0 Å². The van der Waals surface area contributed by atoms with Gasteiger partial charge in [-0.25, -0.2) is 0 Å². The smallest absolute Gasteiger partial charge is 0.148 e. The van der Waals surface area contributed by atoms with E-state index in [9.17, 15) is 0 Å². The highest BCUT2D eigenvalue weighted by molar-refractivity contribution is 5.50. The van der Waals surface area contributed by atoms with Gasteiger partial charge in [0.25, 0.3) is 0 Å². The van der Waals surface area contributed by atoms with Gasteiger partial charge in [-0.1, -0.05) is 17.7 Å². The molecule has 0 amide bonds. The molecule has 0 spiro atoms. The second kappa shape index (κ2) is 4.49. The average Bonchev–Trinajstić information content (AvgIpc) is 2.60. The minimum Gasteiger partial charge on any atom is -0.398 e. The van der Waals surface area contributed by atoms with Crippen LogP contribution in [0.15, 0.2) is 24.3 Å². The third kappa shape index (κ3) is 2.58. The first-order chi connectivity index (χ1) is 8.06. The van der Waals surface area contributed by atoms with Gasteiger partial charge in [0.15, 0.2) is 0 Å². The topological polar surface area (TPSA) is 55.9 Å². The lowest BCUT2D eigenvalue weighted by Crippen LogP contribution is -2.04. The Hall–Kier alpha value is -1.97. The van der Waals surface area contributed by atoms with Crippen LogP contribution in [0.5, 0.6) is 0 Å². The second-order valence-corrected chi connectivity index (χ2v) is 4.35. The fourth-order valence-corrected chi connectivity index (χ4v) is 1.72. The SMILES string of the molecule is Cc1ccc(N)c(CNc2cc(C)n(C)n2)c1. The fraction of sp³-hybridized carbons (Fsp3) is 0.308. The quantitative estimate of drug-likeness (QED) is 0.795. The van der Waals surface area contributed by atoms with Crippen molar-refractivity contribution in [1.82, 2.24) is 9.78 Å². The van der Waals surface area contributed by atoms with Crippen molar-refractivity contribution in [3.63, 3.8) is 0 Å².